The zero-order chi connectivity index (χ0) is 13.3. The van der Waals surface area contributed by atoms with Gasteiger partial charge in [-0.2, -0.15) is 0 Å². The fourth-order valence-corrected chi connectivity index (χ4v) is 1.37. The maximum atomic E-state index is 11.7. The molecule has 1 atom stereocenters. The van der Waals surface area contributed by atoms with E-state index in [9.17, 15) is 4.79 Å². The van der Waals surface area contributed by atoms with Gasteiger partial charge in [-0.25, -0.2) is 0 Å². The van der Waals surface area contributed by atoms with Gasteiger partial charge in [-0.15, -0.1) is 0 Å². The van der Waals surface area contributed by atoms with Gasteiger partial charge in [0.2, 0.25) is 5.91 Å². The van der Waals surface area contributed by atoms with Crippen LogP contribution in [0.1, 0.15) is 26.7 Å². The molecule has 0 aromatic heterocycles. The molecule has 0 bridgehead atoms. The van der Waals surface area contributed by atoms with Crippen molar-refractivity contribution in [2.75, 3.05) is 26.8 Å². The van der Waals surface area contributed by atoms with Gasteiger partial charge in [0.05, 0.1) is 0 Å². The minimum Gasteiger partial charge on any atom is -0.409 e. The van der Waals surface area contributed by atoms with Crippen LogP contribution in [0, 0.1) is 5.92 Å². The van der Waals surface area contributed by atoms with Crippen LogP contribution in [0.3, 0.4) is 0 Å². The Morgan fingerprint density at radius 3 is 2.76 bits per heavy atom. The summed E-state index contributed by atoms with van der Waals surface area (Å²) in [6.07, 6.45) is 1.17. The molecule has 0 aliphatic rings. The van der Waals surface area contributed by atoms with Crippen molar-refractivity contribution in [2.45, 2.75) is 26.7 Å². The van der Waals surface area contributed by atoms with Crippen molar-refractivity contribution in [3.8, 4) is 0 Å². The summed E-state index contributed by atoms with van der Waals surface area (Å²) in [5.74, 6) is 0.0297. The molecule has 100 valence electrons. The second-order valence-corrected chi connectivity index (χ2v) is 4.00. The van der Waals surface area contributed by atoms with E-state index in [2.05, 4.69) is 5.16 Å². The molecule has 0 radical (unpaired) electrons. The highest BCUT2D eigenvalue weighted by atomic mass is 16.5. The summed E-state index contributed by atoms with van der Waals surface area (Å²) in [7, 11) is 1.71. The van der Waals surface area contributed by atoms with Crippen molar-refractivity contribution < 1.29 is 14.7 Å². The zero-order valence-electron chi connectivity index (χ0n) is 10.8. The normalized spacial score (nSPS) is 13.5. The standard InChI is InChI=1S/C11H23N3O3/c1-4-17-7-5-6-10(15)14(3)8-9(2)11(12)13-16/h9,16H,4-8H2,1-3H3,(H2,12,13). The quantitative estimate of drug-likeness (QED) is 0.216. The number of nitrogens with zero attached hydrogens (tertiary/aromatic N) is 2. The molecule has 1 unspecified atom stereocenters. The van der Waals surface area contributed by atoms with Gasteiger partial charge in [0.1, 0.15) is 5.84 Å². The predicted octanol–water partition coefficient (Wildman–Crippen LogP) is 0.644. The Labute approximate surface area is 102 Å². The number of hydrogen-bond acceptors (Lipinski definition) is 4. The number of rotatable bonds is 8. The molecule has 0 rings (SSSR count). The number of oxime groups is 1. The van der Waals surface area contributed by atoms with E-state index < -0.39 is 0 Å². The number of ether oxygens (including phenoxy) is 1. The third kappa shape index (κ3) is 6.78. The van der Waals surface area contributed by atoms with Gasteiger partial charge >= 0.3 is 0 Å². The smallest absolute Gasteiger partial charge is 0.222 e. The summed E-state index contributed by atoms with van der Waals surface area (Å²) in [5.41, 5.74) is 5.45. The van der Waals surface area contributed by atoms with Crippen LogP contribution in [0.15, 0.2) is 5.16 Å². The third-order valence-electron chi connectivity index (χ3n) is 2.48. The highest BCUT2D eigenvalue weighted by molar-refractivity contribution is 5.83. The van der Waals surface area contributed by atoms with Gasteiger partial charge in [-0.1, -0.05) is 12.1 Å². The van der Waals surface area contributed by atoms with Crippen LogP contribution in [0.4, 0.5) is 0 Å². The molecular weight excluding hydrogens is 222 g/mol. The Morgan fingerprint density at radius 1 is 1.59 bits per heavy atom. The van der Waals surface area contributed by atoms with Crippen LogP contribution in [0.25, 0.3) is 0 Å². The van der Waals surface area contributed by atoms with Crippen molar-refractivity contribution in [2.24, 2.45) is 16.8 Å². The first-order valence-corrected chi connectivity index (χ1v) is 5.82. The number of carbonyl (C=O) groups is 1. The summed E-state index contributed by atoms with van der Waals surface area (Å²) < 4.78 is 5.16. The van der Waals surface area contributed by atoms with E-state index in [1.54, 1.807) is 18.9 Å². The molecule has 0 aromatic carbocycles. The van der Waals surface area contributed by atoms with Crippen molar-refractivity contribution in [3.05, 3.63) is 0 Å². The van der Waals surface area contributed by atoms with Crippen molar-refractivity contribution in [1.82, 2.24) is 4.90 Å². The van der Waals surface area contributed by atoms with E-state index in [1.807, 2.05) is 6.92 Å². The molecule has 6 nitrogen and oxygen atoms in total. The second-order valence-electron chi connectivity index (χ2n) is 4.00. The van der Waals surface area contributed by atoms with E-state index >= 15 is 0 Å². The topological polar surface area (TPSA) is 88.2 Å². The molecule has 0 aliphatic heterocycles. The summed E-state index contributed by atoms with van der Waals surface area (Å²) in [6.45, 7) is 5.45. The van der Waals surface area contributed by atoms with Crippen LogP contribution >= 0.6 is 0 Å². The lowest BCUT2D eigenvalue weighted by Gasteiger charge is -2.20. The first kappa shape index (κ1) is 15.7. The SMILES string of the molecule is CCOCCCC(=O)N(C)CC(C)C(N)=NO. The highest BCUT2D eigenvalue weighted by Crippen LogP contribution is 2.02. The monoisotopic (exact) mass is 245 g/mol. The molecule has 6 heteroatoms. The zero-order valence-corrected chi connectivity index (χ0v) is 10.8. The predicted molar refractivity (Wildman–Crippen MR) is 65.9 cm³/mol. The molecule has 17 heavy (non-hydrogen) atoms. The van der Waals surface area contributed by atoms with Gasteiger partial charge < -0.3 is 20.6 Å². The molecule has 0 heterocycles. The van der Waals surface area contributed by atoms with Crippen molar-refractivity contribution in [1.29, 1.82) is 0 Å². The summed E-state index contributed by atoms with van der Waals surface area (Å²) in [4.78, 5) is 13.3. The Balaban J connectivity index is 3.89. The fourth-order valence-electron chi connectivity index (χ4n) is 1.37. The number of hydrogen-bond donors (Lipinski definition) is 2. The van der Waals surface area contributed by atoms with Crippen LogP contribution in [-0.2, 0) is 9.53 Å². The fraction of sp³-hybridized carbons (Fsp3) is 0.818. The van der Waals surface area contributed by atoms with E-state index in [4.69, 9.17) is 15.7 Å². The third-order valence-corrected chi connectivity index (χ3v) is 2.48. The first-order chi connectivity index (χ1) is 8.02. The summed E-state index contributed by atoms with van der Waals surface area (Å²) in [5, 5.41) is 11.4. The average Bonchev–Trinajstić information content (AvgIpc) is 2.32. The van der Waals surface area contributed by atoms with Crippen molar-refractivity contribution >= 4 is 11.7 Å². The largest absolute Gasteiger partial charge is 0.409 e. The second kappa shape index (κ2) is 8.81. The van der Waals surface area contributed by atoms with Gasteiger partial charge in [0, 0.05) is 39.1 Å². The Morgan fingerprint density at radius 2 is 2.24 bits per heavy atom. The Kier molecular flexibility index (Phi) is 8.13. The number of carbonyl (C=O) groups excluding carboxylic acids is 1. The van der Waals surface area contributed by atoms with E-state index in [1.165, 1.54) is 0 Å². The molecular formula is C11H23N3O3. The van der Waals surface area contributed by atoms with Gasteiger partial charge in [-0.05, 0) is 13.3 Å². The number of amides is 1. The molecule has 1 amide bonds. The van der Waals surface area contributed by atoms with Crippen LogP contribution in [0.2, 0.25) is 0 Å². The Hall–Kier alpha value is -1.30. The minimum atomic E-state index is -0.152. The molecule has 0 saturated heterocycles. The molecule has 0 saturated carbocycles. The lowest BCUT2D eigenvalue weighted by atomic mass is 10.1. The van der Waals surface area contributed by atoms with Crippen LogP contribution in [0.5, 0.6) is 0 Å². The maximum Gasteiger partial charge on any atom is 0.222 e. The molecule has 0 spiro atoms. The molecule has 0 aliphatic carbocycles. The van der Waals surface area contributed by atoms with Crippen LogP contribution in [-0.4, -0.2) is 48.7 Å². The molecule has 0 aromatic rings. The summed E-state index contributed by atoms with van der Waals surface area (Å²) in [6, 6.07) is 0. The maximum absolute atomic E-state index is 11.7. The lowest BCUT2D eigenvalue weighted by molar-refractivity contribution is -0.130. The van der Waals surface area contributed by atoms with Crippen LogP contribution < -0.4 is 5.73 Å². The Bertz CT molecular complexity index is 256. The van der Waals surface area contributed by atoms with E-state index in [0.29, 0.717) is 26.2 Å². The lowest BCUT2D eigenvalue weighted by Crippen LogP contribution is -2.36. The average molecular weight is 245 g/mol. The molecule has 3 N–H and O–H groups in total. The van der Waals surface area contributed by atoms with Crippen molar-refractivity contribution in [3.63, 3.8) is 0 Å². The number of amidine groups is 1. The first-order valence-electron chi connectivity index (χ1n) is 5.82. The van der Waals surface area contributed by atoms with Gasteiger partial charge in [0.15, 0.2) is 0 Å². The molecule has 0 fully saturated rings. The number of nitrogens with two attached hydrogens (primary N) is 1. The summed E-state index contributed by atoms with van der Waals surface area (Å²) >= 11 is 0. The highest BCUT2D eigenvalue weighted by Gasteiger charge is 2.14. The van der Waals surface area contributed by atoms with E-state index in [-0.39, 0.29) is 17.7 Å². The van der Waals surface area contributed by atoms with Gasteiger partial charge in [-0.3, -0.25) is 4.79 Å². The van der Waals surface area contributed by atoms with Gasteiger partial charge in [0.25, 0.3) is 0 Å². The van der Waals surface area contributed by atoms with E-state index in [0.717, 1.165) is 6.42 Å². The minimum absolute atomic E-state index is 0.0438.